The number of unbranched alkanes of at least 4 members (excludes halogenated alkanes) is 2. The van der Waals surface area contributed by atoms with Crippen LogP contribution in [0.25, 0.3) is 0 Å². The number of ether oxygens (including phenoxy) is 2. The molecule has 3 heteroatoms. The molecule has 2 unspecified atom stereocenters. The van der Waals surface area contributed by atoms with Gasteiger partial charge in [-0.15, -0.1) is 0 Å². The second-order valence-electron chi connectivity index (χ2n) is 5.23. The molecule has 0 aliphatic heterocycles. The van der Waals surface area contributed by atoms with E-state index < -0.39 is 0 Å². The van der Waals surface area contributed by atoms with Crippen molar-refractivity contribution in [3.63, 3.8) is 0 Å². The van der Waals surface area contributed by atoms with Gasteiger partial charge in [0.1, 0.15) is 6.10 Å². The molecule has 0 saturated heterocycles. The fraction of sp³-hybridized carbons (Fsp3) is 0.765. The van der Waals surface area contributed by atoms with Crippen molar-refractivity contribution in [1.29, 1.82) is 0 Å². The monoisotopic (exact) mass is 280 g/mol. The molecule has 0 aromatic rings. The van der Waals surface area contributed by atoms with Crippen LogP contribution in [0.4, 0.5) is 0 Å². The number of aliphatic hydroxyl groups is 1. The van der Waals surface area contributed by atoms with Crippen LogP contribution in [0.3, 0.4) is 0 Å². The Hall–Kier alpha value is -0.820. The van der Waals surface area contributed by atoms with Gasteiger partial charge in [0.25, 0.3) is 0 Å². The van der Waals surface area contributed by atoms with Crippen LogP contribution in [0.1, 0.15) is 52.9 Å². The van der Waals surface area contributed by atoms with Crippen LogP contribution >= 0.6 is 0 Å². The van der Waals surface area contributed by atoms with Gasteiger partial charge in [-0.05, 0) is 33.1 Å². The van der Waals surface area contributed by atoms with Crippen molar-refractivity contribution < 1.29 is 14.6 Å². The van der Waals surface area contributed by atoms with Crippen LogP contribution in [0, 0.1) is 17.8 Å². The summed E-state index contributed by atoms with van der Waals surface area (Å²) in [5, 5.41) is 9.45. The fourth-order valence-electron chi connectivity index (χ4n) is 2.25. The number of hydrogen-bond acceptors (Lipinski definition) is 3. The van der Waals surface area contributed by atoms with Gasteiger partial charge in [0.05, 0.1) is 6.10 Å². The molecule has 0 saturated carbocycles. The van der Waals surface area contributed by atoms with E-state index >= 15 is 0 Å². The molecule has 0 bridgehead atoms. The summed E-state index contributed by atoms with van der Waals surface area (Å²) in [5.74, 6) is 6.58. The summed E-state index contributed by atoms with van der Waals surface area (Å²) in [5.41, 5.74) is 0. The Morgan fingerprint density at radius 2 is 2.10 bits per heavy atom. The molecule has 1 aliphatic rings. The van der Waals surface area contributed by atoms with E-state index in [2.05, 4.69) is 18.8 Å². The normalized spacial score (nSPS) is 24.2. The Kier molecular flexibility index (Phi) is 8.60. The lowest BCUT2D eigenvalue weighted by molar-refractivity contribution is -0.144. The van der Waals surface area contributed by atoms with Crippen LogP contribution in [0.2, 0.25) is 0 Å². The highest BCUT2D eigenvalue weighted by molar-refractivity contribution is 5.19. The first-order valence-electron chi connectivity index (χ1n) is 7.80. The van der Waals surface area contributed by atoms with E-state index in [1.165, 1.54) is 12.8 Å². The number of allylic oxidation sites excluding steroid dienone is 1. The molecule has 4 atom stereocenters. The van der Waals surface area contributed by atoms with Gasteiger partial charge < -0.3 is 14.6 Å². The number of hydrogen-bond donors (Lipinski definition) is 1. The zero-order valence-electron chi connectivity index (χ0n) is 13.0. The lowest BCUT2D eigenvalue weighted by Gasteiger charge is -2.18. The molecule has 0 amide bonds. The van der Waals surface area contributed by atoms with Crippen molar-refractivity contribution in [1.82, 2.24) is 0 Å². The van der Waals surface area contributed by atoms with E-state index in [0.29, 0.717) is 13.0 Å². The van der Waals surface area contributed by atoms with E-state index in [9.17, 15) is 5.11 Å². The molecule has 114 valence electrons. The Labute approximate surface area is 123 Å². The molecule has 0 spiro atoms. The van der Waals surface area contributed by atoms with Crippen molar-refractivity contribution in [2.75, 3.05) is 6.61 Å². The van der Waals surface area contributed by atoms with Gasteiger partial charge in [-0.2, -0.15) is 0 Å². The molecule has 0 aromatic heterocycles. The molecular formula is C17H28O3. The van der Waals surface area contributed by atoms with Crippen molar-refractivity contribution in [3.05, 3.63) is 12.2 Å². The molecule has 1 rings (SSSR count). The molecule has 1 aliphatic carbocycles. The molecule has 0 radical (unpaired) electrons. The average molecular weight is 280 g/mol. The first-order valence-corrected chi connectivity index (χ1v) is 7.80. The third kappa shape index (κ3) is 7.09. The Morgan fingerprint density at radius 3 is 2.70 bits per heavy atom. The number of aliphatic hydroxyl groups excluding tert-OH is 1. The summed E-state index contributed by atoms with van der Waals surface area (Å²) < 4.78 is 11.3. The molecule has 0 aromatic carbocycles. The third-order valence-electron chi connectivity index (χ3n) is 3.32. The molecule has 0 fully saturated rings. The smallest absolute Gasteiger partial charge is 0.156 e. The molecule has 20 heavy (non-hydrogen) atoms. The Bertz CT molecular complexity index is 340. The average Bonchev–Trinajstić information content (AvgIpc) is 2.82. The van der Waals surface area contributed by atoms with Crippen molar-refractivity contribution in [2.24, 2.45) is 5.92 Å². The summed E-state index contributed by atoms with van der Waals surface area (Å²) in [6.07, 6.45) is 8.33. The quantitative estimate of drug-likeness (QED) is 0.321. The summed E-state index contributed by atoms with van der Waals surface area (Å²) in [4.78, 5) is 0. The van der Waals surface area contributed by atoms with Crippen molar-refractivity contribution in [3.8, 4) is 11.8 Å². The summed E-state index contributed by atoms with van der Waals surface area (Å²) >= 11 is 0. The van der Waals surface area contributed by atoms with E-state index in [0.717, 1.165) is 12.8 Å². The second kappa shape index (κ2) is 9.99. The zero-order chi connectivity index (χ0) is 14.8. The van der Waals surface area contributed by atoms with Gasteiger partial charge in [0.2, 0.25) is 0 Å². The lowest BCUT2D eigenvalue weighted by atomic mass is 10.1. The summed E-state index contributed by atoms with van der Waals surface area (Å²) in [7, 11) is 0. The van der Waals surface area contributed by atoms with Gasteiger partial charge in [0, 0.05) is 12.5 Å². The van der Waals surface area contributed by atoms with E-state index in [-0.39, 0.29) is 24.4 Å². The SMILES string of the molecule is CCCCCC(C#C[C@H]1C=C[C@H](O)C1)OC(C)OCC. The minimum absolute atomic E-state index is 0.0748. The summed E-state index contributed by atoms with van der Waals surface area (Å²) in [6, 6.07) is 0. The largest absolute Gasteiger partial charge is 0.389 e. The van der Waals surface area contributed by atoms with Crippen molar-refractivity contribution in [2.45, 2.75) is 71.4 Å². The predicted octanol–water partition coefficient (Wildman–Crippen LogP) is 3.27. The topological polar surface area (TPSA) is 38.7 Å². The van der Waals surface area contributed by atoms with E-state index in [1.807, 2.05) is 26.0 Å². The maximum Gasteiger partial charge on any atom is 0.156 e. The van der Waals surface area contributed by atoms with Crippen molar-refractivity contribution >= 4 is 0 Å². The summed E-state index contributed by atoms with van der Waals surface area (Å²) in [6.45, 7) is 6.71. The van der Waals surface area contributed by atoms with Gasteiger partial charge in [-0.25, -0.2) is 0 Å². The molecular weight excluding hydrogens is 252 g/mol. The van der Waals surface area contributed by atoms with Crippen LogP contribution < -0.4 is 0 Å². The highest BCUT2D eigenvalue weighted by Gasteiger charge is 2.15. The highest BCUT2D eigenvalue weighted by Crippen LogP contribution is 2.17. The molecule has 1 N–H and O–H groups in total. The van der Waals surface area contributed by atoms with Gasteiger partial charge >= 0.3 is 0 Å². The Balaban J connectivity index is 2.48. The number of rotatable bonds is 8. The standard InChI is InChI=1S/C17H28O3/c1-4-6-7-8-17(20-14(3)19-5-2)12-10-15-9-11-16(18)13-15/h9,11,14-18H,4-8,13H2,1-3H3/t14?,15-,16+,17?/m1/s1. The highest BCUT2D eigenvalue weighted by atomic mass is 16.7. The van der Waals surface area contributed by atoms with Crippen LogP contribution in [-0.2, 0) is 9.47 Å². The minimum Gasteiger partial charge on any atom is -0.389 e. The Morgan fingerprint density at radius 1 is 1.30 bits per heavy atom. The van der Waals surface area contributed by atoms with Crippen LogP contribution in [-0.4, -0.2) is 30.2 Å². The van der Waals surface area contributed by atoms with Crippen LogP contribution in [0.5, 0.6) is 0 Å². The maximum atomic E-state index is 9.45. The van der Waals surface area contributed by atoms with E-state index in [4.69, 9.17) is 9.47 Å². The van der Waals surface area contributed by atoms with E-state index in [1.54, 1.807) is 0 Å². The molecule has 3 nitrogen and oxygen atoms in total. The molecule has 0 heterocycles. The first kappa shape index (κ1) is 17.2. The van der Waals surface area contributed by atoms with Gasteiger partial charge in [-0.1, -0.05) is 43.8 Å². The predicted molar refractivity (Wildman–Crippen MR) is 81.1 cm³/mol. The maximum absolute atomic E-state index is 9.45. The lowest BCUT2D eigenvalue weighted by Crippen LogP contribution is -2.21. The zero-order valence-corrected chi connectivity index (χ0v) is 13.0. The van der Waals surface area contributed by atoms with Gasteiger partial charge in [-0.3, -0.25) is 0 Å². The first-order chi connectivity index (χ1) is 9.65. The third-order valence-corrected chi connectivity index (χ3v) is 3.32. The van der Waals surface area contributed by atoms with Crippen LogP contribution in [0.15, 0.2) is 12.2 Å². The van der Waals surface area contributed by atoms with Gasteiger partial charge in [0.15, 0.2) is 6.29 Å². The minimum atomic E-state index is -0.337. The second-order valence-corrected chi connectivity index (χ2v) is 5.23. The fourth-order valence-corrected chi connectivity index (χ4v) is 2.25.